The minimum Gasteiger partial charge on any atom is -0.303 e. The van der Waals surface area contributed by atoms with Crippen molar-refractivity contribution < 1.29 is 13.9 Å². The summed E-state index contributed by atoms with van der Waals surface area (Å²) in [6, 6.07) is 0. The van der Waals surface area contributed by atoms with E-state index in [-0.39, 0.29) is 15.6 Å². The van der Waals surface area contributed by atoms with Crippen LogP contribution in [0, 0.1) is 57.2 Å². The predicted octanol–water partition coefficient (Wildman–Crippen LogP) is 7.76. The van der Waals surface area contributed by atoms with Gasteiger partial charge in [-0.3, -0.25) is 4.79 Å². The van der Waals surface area contributed by atoms with Crippen LogP contribution >= 0.6 is 0 Å². The van der Waals surface area contributed by atoms with E-state index < -0.39 is 0 Å². The molecule has 2 heteroatoms. The number of hydrogen-bond donors (Lipinski definition) is 0. The van der Waals surface area contributed by atoms with Crippen LogP contribution in [0.5, 0.6) is 0 Å². The Morgan fingerprint density at radius 1 is 0.968 bits per heavy atom. The quantitative estimate of drug-likeness (QED) is 0.331. The van der Waals surface area contributed by atoms with Gasteiger partial charge in [0, 0.05) is 22.0 Å². The third kappa shape index (κ3) is 2.57. The highest BCUT2D eigenvalue weighted by Gasteiger charge is 2.70. The summed E-state index contributed by atoms with van der Waals surface area (Å²) < 4.78 is 0. The maximum absolute atomic E-state index is 12.6. The van der Waals surface area contributed by atoms with Crippen LogP contribution in [0.3, 0.4) is 0 Å². The van der Waals surface area contributed by atoms with Gasteiger partial charge in [-0.2, -0.15) is 0 Å². The van der Waals surface area contributed by atoms with E-state index in [0.717, 1.165) is 32.1 Å². The normalized spacial score (nSPS) is 56.1. The molecule has 5 saturated carbocycles. The lowest BCUT2D eigenvalue weighted by atomic mass is 9.33. The van der Waals surface area contributed by atoms with Crippen molar-refractivity contribution in [2.45, 2.75) is 98.8 Å². The highest BCUT2D eigenvalue weighted by atomic mass is 16.1. The first-order valence-corrected chi connectivity index (χ1v) is 13.2. The molecule has 0 amide bonds. The Morgan fingerprint density at radius 2 is 1.71 bits per heavy atom. The molecule has 5 aliphatic rings. The highest BCUT2D eigenvalue weighted by molar-refractivity contribution is 5.82. The van der Waals surface area contributed by atoms with Crippen LogP contribution in [0.4, 0.5) is 0 Å². The number of Topliss-reactive ketones (excluding diaryl/α,β-unsaturated/α-hetero) is 1. The zero-order valence-corrected chi connectivity index (χ0v) is 20.6. The number of hydrogen-bond acceptors (Lipinski definition) is 2. The minimum absolute atomic E-state index is 0. The SMILES string of the molecule is C=C(C)[C@@H]1CC[C@]2(C=O)CC[C@]3(C)[C@H](CCC4[C@@]5(C)CCC(=O)[C@H](C)C5CC[C@]43C)C12.[HH].[HH].[HH]. The maximum Gasteiger partial charge on any atom is 0.136 e. The molecular weight excluding hydrogens is 380 g/mol. The summed E-state index contributed by atoms with van der Waals surface area (Å²) in [4.78, 5) is 25.1. The summed E-state index contributed by atoms with van der Waals surface area (Å²) in [7, 11) is 0. The summed E-state index contributed by atoms with van der Waals surface area (Å²) >= 11 is 0. The van der Waals surface area contributed by atoms with Gasteiger partial charge in [0.05, 0.1) is 0 Å². The molecule has 0 bridgehead atoms. The lowest BCUT2D eigenvalue weighted by molar-refractivity contribution is -0.224. The number of rotatable bonds is 2. The molecular formula is C29H50O2. The van der Waals surface area contributed by atoms with Crippen molar-refractivity contribution in [1.82, 2.24) is 0 Å². The number of carbonyl (C=O) groups excluding carboxylic acids is 2. The van der Waals surface area contributed by atoms with Crippen LogP contribution in [0.1, 0.15) is 103 Å². The van der Waals surface area contributed by atoms with Crippen LogP contribution in [0.25, 0.3) is 0 Å². The molecule has 0 saturated heterocycles. The molecule has 0 aromatic rings. The predicted molar refractivity (Wildman–Crippen MR) is 132 cm³/mol. The maximum atomic E-state index is 12.6. The molecule has 5 fully saturated rings. The fourth-order valence-corrected chi connectivity index (χ4v) is 10.8. The zero-order valence-electron chi connectivity index (χ0n) is 20.6. The summed E-state index contributed by atoms with van der Waals surface area (Å²) in [6.45, 7) is 16.6. The van der Waals surface area contributed by atoms with E-state index in [1.54, 1.807) is 0 Å². The third-order valence-electron chi connectivity index (χ3n) is 12.7. The smallest absolute Gasteiger partial charge is 0.136 e. The van der Waals surface area contributed by atoms with Gasteiger partial charge in [-0.15, -0.1) is 0 Å². The topological polar surface area (TPSA) is 34.1 Å². The molecule has 3 unspecified atom stereocenters. The Hall–Kier alpha value is -0.920. The second-order valence-corrected chi connectivity index (χ2v) is 13.3. The van der Waals surface area contributed by atoms with Gasteiger partial charge in [0.15, 0.2) is 0 Å². The third-order valence-corrected chi connectivity index (χ3v) is 12.7. The van der Waals surface area contributed by atoms with Crippen LogP contribution in [-0.4, -0.2) is 12.1 Å². The van der Waals surface area contributed by atoms with Gasteiger partial charge >= 0.3 is 0 Å². The van der Waals surface area contributed by atoms with Crippen molar-refractivity contribution in [2.75, 3.05) is 0 Å². The number of fused-ring (bicyclic) bond motifs is 7. The molecule has 0 N–H and O–H groups in total. The van der Waals surface area contributed by atoms with Crippen LogP contribution < -0.4 is 0 Å². The number of ketones is 1. The van der Waals surface area contributed by atoms with E-state index >= 15 is 0 Å². The Kier molecular flexibility index (Phi) is 4.80. The summed E-state index contributed by atoms with van der Waals surface area (Å²) in [6.07, 6.45) is 12.8. The lowest BCUT2D eigenvalue weighted by Gasteiger charge is -2.71. The molecule has 0 radical (unpaired) electrons. The first kappa shape index (κ1) is 21.9. The fraction of sp³-hybridized carbons (Fsp3) is 0.862. The average molecular weight is 431 g/mol. The van der Waals surface area contributed by atoms with E-state index in [0.29, 0.717) is 51.6 Å². The van der Waals surface area contributed by atoms with E-state index in [2.05, 4.69) is 41.2 Å². The van der Waals surface area contributed by atoms with Crippen LogP contribution in [0.2, 0.25) is 0 Å². The van der Waals surface area contributed by atoms with Gasteiger partial charge in [-0.05, 0) is 111 Å². The molecule has 5 aliphatic carbocycles. The molecule has 2 nitrogen and oxygen atoms in total. The Bertz CT molecular complexity index is 828. The minimum atomic E-state index is -0.0934. The summed E-state index contributed by atoms with van der Waals surface area (Å²) in [5, 5.41) is 0. The van der Waals surface area contributed by atoms with Crippen molar-refractivity contribution in [1.29, 1.82) is 0 Å². The molecule has 31 heavy (non-hydrogen) atoms. The molecule has 0 aromatic heterocycles. The largest absolute Gasteiger partial charge is 0.303 e. The summed E-state index contributed by atoms with van der Waals surface area (Å²) in [5.41, 5.74) is 2.13. The van der Waals surface area contributed by atoms with Crippen LogP contribution in [0.15, 0.2) is 12.2 Å². The molecule has 0 heterocycles. The number of carbonyl (C=O) groups is 2. The average Bonchev–Trinajstić information content (AvgIpc) is 3.12. The van der Waals surface area contributed by atoms with Gasteiger partial charge in [0.25, 0.3) is 0 Å². The zero-order chi connectivity index (χ0) is 22.4. The van der Waals surface area contributed by atoms with E-state index in [1.165, 1.54) is 44.0 Å². The molecule has 0 spiro atoms. The van der Waals surface area contributed by atoms with Crippen LogP contribution in [-0.2, 0) is 9.59 Å². The van der Waals surface area contributed by atoms with Crippen molar-refractivity contribution in [3.63, 3.8) is 0 Å². The van der Waals surface area contributed by atoms with Crippen molar-refractivity contribution in [2.24, 2.45) is 57.2 Å². The Morgan fingerprint density at radius 3 is 2.39 bits per heavy atom. The first-order valence-electron chi connectivity index (χ1n) is 13.2. The second-order valence-electron chi connectivity index (χ2n) is 13.3. The monoisotopic (exact) mass is 430 g/mol. The van der Waals surface area contributed by atoms with Gasteiger partial charge in [-0.1, -0.05) is 39.8 Å². The molecule has 10 atom stereocenters. The van der Waals surface area contributed by atoms with Gasteiger partial charge in [0.2, 0.25) is 0 Å². The standard InChI is InChI=1S/C29H44O2.3H2/c1-18(2)20-9-14-29(17-30)16-15-27(5)22(25(20)29)7-8-24-26(4)12-11-23(31)19(3)21(26)10-13-28(24,27)6;;;/h17,19-22,24-25H,1,7-16H2,2-6H3;3*1H/t19-,20+,21?,22-,24?,25?,26+,27-,28-,29-;;;/m1.../s1. The molecule has 0 aliphatic heterocycles. The Balaban J connectivity index is 0.00000136. The number of aldehydes is 1. The number of allylic oxidation sites excluding steroid dienone is 1. The first-order chi connectivity index (χ1) is 14.5. The second kappa shape index (κ2) is 6.80. The lowest BCUT2D eigenvalue weighted by Crippen LogP contribution is -2.65. The van der Waals surface area contributed by atoms with Gasteiger partial charge in [0.1, 0.15) is 12.1 Å². The van der Waals surface area contributed by atoms with E-state index in [4.69, 9.17) is 0 Å². The van der Waals surface area contributed by atoms with E-state index in [1.807, 2.05) is 0 Å². The van der Waals surface area contributed by atoms with Gasteiger partial charge in [-0.25, -0.2) is 0 Å². The molecule has 178 valence electrons. The van der Waals surface area contributed by atoms with Crippen molar-refractivity contribution >= 4 is 12.1 Å². The molecule has 0 aromatic carbocycles. The highest BCUT2D eigenvalue weighted by Crippen LogP contribution is 2.76. The van der Waals surface area contributed by atoms with Gasteiger partial charge < -0.3 is 4.79 Å². The van der Waals surface area contributed by atoms with Crippen molar-refractivity contribution in [3.05, 3.63) is 12.2 Å². The Labute approximate surface area is 194 Å². The molecule has 5 rings (SSSR count). The van der Waals surface area contributed by atoms with Crippen molar-refractivity contribution in [3.8, 4) is 0 Å². The summed E-state index contributed by atoms with van der Waals surface area (Å²) in [5.74, 6) is 3.69. The van der Waals surface area contributed by atoms with E-state index in [9.17, 15) is 9.59 Å². The fourth-order valence-electron chi connectivity index (χ4n) is 10.8.